The largest absolute Gasteiger partial charge is 0.283 e. The van der Waals surface area contributed by atoms with E-state index < -0.39 is 10.0 Å². The van der Waals surface area contributed by atoms with Crippen molar-refractivity contribution in [3.05, 3.63) is 0 Å². The molecule has 2 heterocycles. The Kier molecular flexibility index (Phi) is 4.26. The number of fused-ring (bicyclic) bond motifs is 1. The highest BCUT2D eigenvalue weighted by Crippen LogP contribution is 2.38. The van der Waals surface area contributed by atoms with Gasteiger partial charge in [0.25, 0.3) is 0 Å². The van der Waals surface area contributed by atoms with E-state index in [2.05, 4.69) is 0 Å². The van der Waals surface area contributed by atoms with Gasteiger partial charge >= 0.3 is 0 Å². The van der Waals surface area contributed by atoms with Crippen LogP contribution in [0.15, 0.2) is 0 Å². The molecule has 2 saturated heterocycles. The summed E-state index contributed by atoms with van der Waals surface area (Å²) in [4.78, 5) is 28.2. The topological polar surface area (TPSA) is 78.0 Å². The average Bonchev–Trinajstić information content (AvgIpc) is 2.73. The third-order valence-electron chi connectivity index (χ3n) is 5.07. The summed E-state index contributed by atoms with van der Waals surface area (Å²) in [6.07, 6.45) is 4.92. The normalized spacial score (nSPS) is 31.6. The number of piperazine rings is 1. The van der Waals surface area contributed by atoms with Gasteiger partial charge in [0.05, 0.1) is 24.8 Å². The number of amides is 2. The molecule has 22 heavy (non-hydrogen) atoms. The molecule has 1 aliphatic carbocycles. The number of carbonyl (C=O) groups is 2. The van der Waals surface area contributed by atoms with E-state index in [1.807, 2.05) is 4.90 Å². The van der Waals surface area contributed by atoms with Gasteiger partial charge in [-0.1, -0.05) is 12.8 Å². The van der Waals surface area contributed by atoms with Gasteiger partial charge in [-0.25, -0.2) is 8.42 Å². The zero-order valence-corrected chi connectivity index (χ0v) is 13.7. The number of nitrogens with zero attached hydrogens (tertiary/aromatic N) is 3. The second-order valence-electron chi connectivity index (χ2n) is 6.52. The monoisotopic (exact) mass is 329 g/mol. The fourth-order valence-electron chi connectivity index (χ4n) is 3.77. The molecule has 8 heteroatoms. The molecule has 3 aliphatic rings. The van der Waals surface area contributed by atoms with Crippen LogP contribution in [0.5, 0.6) is 0 Å². The fraction of sp³-hybridized carbons (Fsp3) is 0.857. The second kappa shape index (κ2) is 5.90. The molecule has 0 spiro atoms. The molecule has 3 fully saturated rings. The number of likely N-dealkylation sites (tertiary alicyclic amines) is 1. The highest BCUT2D eigenvalue weighted by Gasteiger charge is 2.48. The molecule has 2 aliphatic heterocycles. The van der Waals surface area contributed by atoms with Gasteiger partial charge in [-0.15, -0.1) is 0 Å². The van der Waals surface area contributed by atoms with E-state index in [1.165, 1.54) is 15.5 Å². The van der Waals surface area contributed by atoms with E-state index in [0.717, 1.165) is 25.7 Å². The molecule has 0 N–H and O–H groups in total. The van der Waals surface area contributed by atoms with Crippen molar-refractivity contribution >= 4 is 21.8 Å². The Hall–Kier alpha value is -0.990. The molecule has 124 valence electrons. The van der Waals surface area contributed by atoms with E-state index in [1.54, 1.807) is 0 Å². The Morgan fingerprint density at radius 1 is 0.955 bits per heavy atom. The van der Waals surface area contributed by atoms with Gasteiger partial charge in [0.15, 0.2) is 0 Å². The standard InChI is InChI=1S/C14H23N3O4S/c1-22(20,21)16-8-6-15(7-9-16)10-17-13(18)11-4-2-3-5-12(11)14(17)19/h11-12H,2-10H2,1H3/t11-,12+. The first kappa shape index (κ1) is 15.9. The Morgan fingerprint density at radius 2 is 1.45 bits per heavy atom. The van der Waals surface area contributed by atoms with E-state index in [0.29, 0.717) is 32.8 Å². The lowest BCUT2D eigenvalue weighted by atomic mass is 9.81. The number of carbonyl (C=O) groups excluding carboxylic acids is 2. The zero-order valence-electron chi connectivity index (χ0n) is 12.9. The molecule has 0 bridgehead atoms. The summed E-state index contributed by atoms with van der Waals surface area (Å²) in [6, 6.07) is 0. The summed E-state index contributed by atoms with van der Waals surface area (Å²) in [5, 5.41) is 0. The maximum absolute atomic E-state index is 12.4. The third-order valence-corrected chi connectivity index (χ3v) is 6.38. The molecule has 0 radical (unpaired) electrons. The molecule has 2 atom stereocenters. The predicted molar refractivity (Wildman–Crippen MR) is 80.2 cm³/mol. The average molecular weight is 329 g/mol. The first-order chi connectivity index (χ1) is 10.4. The number of hydrogen-bond donors (Lipinski definition) is 0. The molecule has 0 aromatic carbocycles. The maximum Gasteiger partial charge on any atom is 0.234 e. The summed E-state index contributed by atoms with van der Waals surface area (Å²) in [7, 11) is -3.16. The zero-order chi connectivity index (χ0) is 15.9. The Balaban J connectivity index is 1.60. The molecular formula is C14H23N3O4S. The molecular weight excluding hydrogens is 306 g/mol. The van der Waals surface area contributed by atoms with Crippen molar-refractivity contribution in [1.82, 2.24) is 14.1 Å². The van der Waals surface area contributed by atoms with E-state index in [9.17, 15) is 18.0 Å². The number of rotatable bonds is 3. The van der Waals surface area contributed by atoms with Crippen LogP contribution >= 0.6 is 0 Å². The van der Waals surface area contributed by atoms with Gasteiger partial charge in [-0.05, 0) is 12.8 Å². The van der Waals surface area contributed by atoms with Gasteiger partial charge < -0.3 is 0 Å². The summed E-state index contributed by atoms with van der Waals surface area (Å²) in [5.74, 6) is -0.280. The Labute approximate surface area is 131 Å². The lowest BCUT2D eigenvalue weighted by Crippen LogP contribution is -2.52. The first-order valence-electron chi connectivity index (χ1n) is 7.90. The van der Waals surface area contributed by atoms with Gasteiger partial charge in [0.1, 0.15) is 0 Å². The van der Waals surface area contributed by atoms with Crippen LogP contribution in [0, 0.1) is 11.8 Å². The molecule has 0 unspecified atom stereocenters. The van der Waals surface area contributed by atoms with Crippen molar-refractivity contribution in [3.63, 3.8) is 0 Å². The Morgan fingerprint density at radius 3 is 1.91 bits per heavy atom. The smallest absolute Gasteiger partial charge is 0.234 e. The van der Waals surface area contributed by atoms with Crippen LogP contribution in [0.1, 0.15) is 25.7 Å². The van der Waals surface area contributed by atoms with Crippen molar-refractivity contribution in [2.45, 2.75) is 25.7 Å². The lowest BCUT2D eigenvalue weighted by molar-refractivity contribution is -0.142. The Bertz CT molecular complexity index is 545. The van der Waals surface area contributed by atoms with Crippen LogP contribution in [-0.4, -0.2) is 73.4 Å². The van der Waals surface area contributed by atoms with E-state index in [-0.39, 0.29) is 23.7 Å². The first-order valence-corrected chi connectivity index (χ1v) is 9.75. The number of hydrogen-bond acceptors (Lipinski definition) is 5. The molecule has 3 rings (SSSR count). The van der Waals surface area contributed by atoms with Crippen molar-refractivity contribution in [2.75, 3.05) is 39.1 Å². The van der Waals surface area contributed by atoms with Crippen LogP contribution in [-0.2, 0) is 19.6 Å². The van der Waals surface area contributed by atoms with Crippen LogP contribution in [0.2, 0.25) is 0 Å². The molecule has 7 nitrogen and oxygen atoms in total. The van der Waals surface area contributed by atoms with Gasteiger partial charge in [-0.3, -0.25) is 19.4 Å². The van der Waals surface area contributed by atoms with Crippen molar-refractivity contribution in [3.8, 4) is 0 Å². The van der Waals surface area contributed by atoms with Crippen molar-refractivity contribution in [2.24, 2.45) is 11.8 Å². The van der Waals surface area contributed by atoms with Crippen LogP contribution in [0.25, 0.3) is 0 Å². The van der Waals surface area contributed by atoms with Crippen LogP contribution < -0.4 is 0 Å². The third kappa shape index (κ3) is 2.91. The summed E-state index contributed by atoms with van der Waals surface area (Å²) >= 11 is 0. The molecule has 1 saturated carbocycles. The van der Waals surface area contributed by atoms with Gasteiger partial charge in [0.2, 0.25) is 21.8 Å². The summed E-state index contributed by atoms with van der Waals surface area (Å²) < 4.78 is 24.4. The summed E-state index contributed by atoms with van der Waals surface area (Å²) in [6.45, 7) is 2.25. The van der Waals surface area contributed by atoms with Crippen LogP contribution in [0.3, 0.4) is 0 Å². The molecule has 2 amide bonds. The molecule has 0 aromatic heterocycles. The minimum Gasteiger partial charge on any atom is -0.283 e. The minimum absolute atomic E-state index is 0.0276. The second-order valence-corrected chi connectivity index (χ2v) is 8.51. The minimum atomic E-state index is -3.16. The number of sulfonamides is 1. The highest BCUT2D eigenvalue weighted by atomic mass is 32.2. The van der Waals surface area contributed by atoms with Gasteiger partial charge in [-0.2, -0.15) is 4.31 Å². The van der Waals surface area contributed by atoms with E-state index in [4.69, 9.17) is 0 Å². The predicted octanol–water partition coefficient (Wildman–Crippen LogP) is -0.304. The van der Waals surface area contributed by atoms with Crippen LogP contribution in [0.4, 0.5) is 0 Å². The molecule has 0 aromatic rings. The van der Waals surface area contributed by atoms with E-state index >= 15 is 0 Å². The number of imide groups is 1. The fourth-order valence-corrected chi connectivity index (χ4v) is 4.60. The lowest BCUT2D eigenvalue weighted by Gasteiger charge is -2.34. The highest BCUT2D eigenvalue weighted by molar-refractivity contribution is 7.88. The van der Waals surface area contributed by atoms with Crippen molar-refractivity contribution in [1.29, 1.82) is 0 Å². The van der Waals surface area contributed by atoms with Gasteiger partial charge in [0, 0.05) is 26.2 Å². The quantitative estimate of drug-likeness (QED) is 0.664. The maximum atomic E-state index is 12.4. The summed E-state index contributed by atoms with van der Waals surface area (Å²) in [5.41, 5.74) is 0. The van der Waals surface area contributed by atoms with Crippen molar-refractivity contribution < 1.29 is 18.0 Å². The SMILES string of the molecule is CS(=O)(=O)N1CCN(CN2C(=O)[C@H]3CCCC[C@H]3C2=O)CC1.